The van der Waals surface area contributed by atoms with Crippen LogP contribution >= 0.6 is 0 Å². The summed E-state index contributed by atoms with van der Waals surface area (Å²) in [7, 11) is 0. The lowest BCUT2D eigenvalue weighted by Gasteiger charge is -2.22. The quantitative estimate of drug-likeness (QED) is 0.303. The third-order valence-electron chi connectivity index (χ3n) is 5.68. The van der Waals surface area contributed by atoms with E-state index in [9.17, 15) is 14.0 Å². The molecule has 36 heavy (non-hydrogen) atoms. The third kappa shape index (κ3) is 7.24. The van der Waals surface area contributed by atoms with Crippen molar-refractivity contribution < 1.29 is 14.0 Å². The molecule has 180 valence electrons. The van der Waals surface area contributed by atoms with Crippen molar-refractivity contribution in [2.45, 2.75) is 19.5 Å². The summed E-state index contributed by atoms with van der Waals surface area (Å²) in [5, 5.41) is 2.85. The molecule has 4 aromatic rings. The number of anilines is 1. The first-order chi connectivity index (χ1) is 17.6. The minimum absolute atomic E-state index is 0.130. The molecule has 4 nitrogen and oxygen atoms in total. The maximum atomic E-state index is 13.2. The van der Waals surface area contributed by atoms with Crippen molar-refractivity contribution in [3.8, 4) is 0 Å². The lowest BCUT2D eigenvalue weighted by atomic mass is 10.1. The first-order valence-corrected chi connectivity index (χ1v) is 11.8. The van der Waals surface area contributed by atoms with Crippen LogP contribution in [0.15, 0.2) is 115 Å². The highest BCUT2D eigenvalue weighted by Gasteiger charge is 2.14. The Labute approximate surface area is 210 Å². The highest BCUT2D eigenvalue weighted by atomic mass is 19.1. The number of nitrogens with zero attached hydrogens (tertiary/aromatic N) is 1. The van der Waals surface area contributed by atoms with Crippen LogP contribution in [0, 0.1) is 5.82 Å². The van der Waals surface area contributed by atoms with Gasteiger partial charge in [-0.25, -0.2) is 4.39 Å². The van der Waals surface area contributed by atoms with E-state index in [4.69, 9.17) is 0 Å². The fourth-order valence-electron chi connectivity index (χ4n) is 3.73. The molecule has 0 unspecified atom stereocenters. The van der Waals surface area contributed by atoms with E-state index in [0.717, 1.165) is 27.9 Å². The number of hydrogen-bond acceptors (Lipinski definition) is 2. The van der Waals surface area contributed by atoms with Crippen LogP contribution in [0.5, 0.6) is 0 Å². The van der Waals surface area contributed by atoms with Gasteiger partial charge in [0.1, 0.15) is 5.82 Å². The Morgan fingerprint density at radius 3 is 2.00 bits per heavy atom. The van der Waals surface area contributed by atoms with Gasteiger partial charge in [-0.1, -0.05) is 84.9 Å². The van der Waals surface area contributed by atoms with Crippen LogP contribution in [0.25, 0.3) is 6.08 Å². The molecular weight excluding hydrogens is 451 g/mol. The third-order valence-corrected chi connectivity index (χ3v) is 5.68. The molecule has 0 fully saturated rings. The highest BCUT2D eigenvalue weighted by molar-refractivity contribution is 6.03. The molecule has 1 N–H and O–H groups in total. The Balaban J connectivity index is 1.43. The van der Waals surface area contributed by atoms with Gasteiger partial charge >= 0.3 is 0 Å². The zero-order valence-electron chi connectivity index (χ0n) is 19.8. The number of hydrogen-bond donors (Lipinski definition) is 1. The van der Waals surface area contributed by atoms with Crippen LogP contribution < -0.4 is 10.2 Å². The highest BCUT2D eigenvalue weighted by Crippen LogP contribution is 2.20. The molecule has 2 amide bonds. The van der Waals surface area contributed by atoms with E-state index >= 15 is 0 Å². The molecule has 0 aliphatic carbocycles. The van der Waals surface area contributed by atoms with Crippen molar-refractivity contribution in [2.24, 2.45) is 0 Å². The predicted octanol–water partition coefficient (Wildman–Crippen LogP) is 5.93. The monoisotopic (exact) mass is 478 g/mol. The second-order valence-electron chi connectivity index (χ2n) is 8.40. The molecule has 4 rings (SSSR count). The molecule has 5 heteroatoms. The van der Waals surface area contributed by atoms with E-state index in [1.807, 2.05) is 84.9 Å². The molecule has 0 aliphatic heterocycles. The molecule has 0 aliphatic rings. The van der Waals surface area contributed by atoms with Crippen molar-refractivity contribution in [3.05, 3.63) is 143 Å². The summed E-state index contributed by atoms with van der Waals surface area (Å²) in [5.41, 5.74) is 4.38. The Morgan fingerprint density at radius 1 is 0.722 bits per heavy atom. The van der Waals surface area contributed by atoms with Crippen molar-refractivity contribution in [1.29, 1.82) is 0 Å². The van der Waals surface area contributed by atoms with Crippen LogP contribution in [0.1, 0.15) is 22.3 Å². The molecule has 4 aromatic carbocycles. The van der Waals surface area contributed by atoms with Crippen molar-refractivity contribution >= 4 is 23.6 Å². The van der Waals surface area contributed by atoms with Crippen LogP contribution in [0.4, 0.5) is 10.1 Å². The molecule has 0 saturated carbocycles. The van der Waals surface area contributed by atoms with Crippen LogP contribution in [-0.2, 0) is 29.1 Å². The number of carbonyl (C=O) groups is 2. The standard InChI is InChI=1S/C31H27FN2O2/c32-28-16-11-26(12-17-28)22-33-30(35)21-25-13-18-29(19-14-25)34(23-27-9-5-2-6-10-27)31(36)20-15-24-7-3-1-4-8-24/h1-20H,21-23H2,(H,33,35). The number of nitrogens with one attached hydrogen (secondary N) is 1. The van der Waals surface area contributed by atoms with Crippen molar-refractivity contribution in [2.75, 3.05) is 4.90 Å². The minimum atomic E-state index is -0.305. The first kappa shape index (κ1) is 24.6. The van der Waals surface area contributed by atoms with E-state index in [1.54, 1.807) is 29.2 Å². The maximum absolute atomic E-state index is 13.2. The summed E-state index contributed by atoms with van der Waals surface area (Å²) < 4.78 is 13.0. The molecule has 0 heterocycles. The number of carbonyl (C=O) groups excluding carboxylic acids is 2. The number of halogens is 1. The van der Waals surface area contributed by atoms with Crippen LogP contribution in [0.2, 0.25) is 0 Å². The Bertz CT molecular complexity index is 1300. The average molecular weight is 479 g/mol. The fourth-order valence-corrected chi connectivity index (χ4v) is 3.73. The van der Waals surface area contributed by atoms with Crippen LogP contribution in [-0.4, -0.2) is 11.8 Å². The van der Waals surface area contributed by atoms with Gasteiger partial charge in [0.2, 0.25) is 5.91 Å². The van der Waals surface area contributed by atoms with Gasteiger partial charge in [-0.2, -0.15) is 0 Å². The predicted molar refractivity (Wildman–Crippen MR) is 142 cm³/mol. The molecule has 0 aromatic heterocycles. The number of benzene rings is 4. The molecular formula is C31H27FN2O2. The van der Waals surface area contributed by atoms with E-state index < -0.39 is 0 Å². The second-order valence-corrected chi connectivity index (χ2v) is 8.40. The van der Waals surface area contributed by atoms with Gasteiger partial charge in [-0.3, -0.25) is 9.59 Å². The molecule has 0 radical (unpaired) electrons. The van der Waals surface area contributed by atoms with Crippen LogP contribution in [0.3, 0.4) is 0 Å². The van der Waals surface area contributed by atoms with Gasteiger partial charge in [-0.15, -0.1) is 0 Å². The van der Waals surface area contributed by atoms with E-state index in [1.165, 1.54) is 12.1 Å². The molecule has 0 atom stereocenters. The zero-order valence-corrected chi connectivity index (χ0v) is 19.8. The van der Waals surface area contributed by atoms with Gasteiger partial charge in [0.25, 0.3) is 5.91 Å². The molecule has 0 saturated heterocycles. The lowest BCUT2D eigenvalue weighted by Crippen LogP contribution is -2.28. The van der Waals surface area contributed by atoms with Gasteiger partial charge in [0, 0.05) is 18.3 Å². The average Bonchev–Trinajstić information content (AvgIpc) is 2.92. The molecule has 0 spiro atoms. The summed E-state index contributed by atoms with van der Waals surface area (Å²) in [5.74, 6) is -0.567. The van der Waals surface area contributed by atoms with E-state index in [-0.39, 0.29) is 24.1 Å². The van der Waals surface area contributed by atoms with E-state index in [0.29, 0.717) is 13.1 Å². The SMILES string of the molecule is O=C(Cc1ccc(N(Cc2ccccc2)C(=O)C=Cc2ccccc2)cc1)NCc1ccc(F)cc1. The summed E-state index contributed by atoms with van der Waals surface area (Å²) in [6, 6.07) is 33.0. The normalized spacial score (nSPS) is 10.8. The number of rotatable bonds is 9. The van der Waals surface area contributed by atoms with E-state index in [2.05, 4.69) is 5.32 Å². The Kier molecular flexibility index (Phi) is 8.39. The zero-order chi connectivity index (χ0) is 25.2. The first-order valence-electron chi connectivity index (χ1n) is 11.8. The summed E-state index contributed by atoms with van der Waals surface area (Å²) >= 11 is 0. The van der Waals surface area contributed by atoms with Gasteiger partial charge in [-0.05, 0) is 52.6 Å². The lowest BCUT2D eigenvalue weighted by molar-refractivity contribution is -0.120. The van der Waals surface area contributed by atoms with Gasteiger partial charge in [0.15, 0.2) is 0 Å². The van der Waals surface area contributed by atoms with Crippen molar-refractivity contribution in [1.82, 2.24) is 5.32 Å². The Morgan fingerprint density at radius 2 is 1.33 bits per heavy atom. The minimum Gasteiger partial charge on any atom is -0.352 e. The summed E-state index contributed by atoms with van der Waals surface area (Å²) in [6.45, 7) is 0.764. The van der Waals surface area contributed by atoms with Gasteiger partial charge in [0.05, 0.1) is 13.0 Å². The topological polar surface area (TPSA) is 49.4 Å². The second kappa shape index (κ2) is 12.3. The largest absolute Gasteiger partial charge is 0.352 e. The number of amides is 2. The smallest absolute Gasteiger partial charge is 0.251 e. The Hall–Kier alpha value is -4.51. The molecule has 0 bridgehead atoms. The fraction of sp³-hybridized carbons (Fsp3) is 0.0968. The maximum Gasteiger partial charge on any atom is 0.251 e. The summed E-state index contributed by atoms with van der Waals surface area (Å²) in [6.07, 6.45) is 3.59. The van der Waals surface area contributed by atoms with Crippen molar-refractivity contribution in [3.63, 3.8) is 0 Å². The summed E-state index contributed by atoms with van der Waals surface area (Å²) in [4.78, 5) is 27.3. The van der Waals surface area contributed by atoms with Gasteiger partial charge < -0.3 is 10.2 Å².